The Morgan fingerprint density at radius 1 is 1.12 bits per heavy atom. The number of pyridine rings is 1. The van der Waals surface area contributed by atoms with Gasteiger partial charge in [-0.1, -0.05) is 12.1 Å². The molecule has 9 nitrogen and oxygen atoms in total. The Kier molecular flexibility index (Phi) is 5.48. The quantitative estimate of drug-likeness (QED) is 0.600. The molecular weight excluding hydrogens is 408 g/mol. The number of anilines is 2. The minimum atomic E-state index is -0.592. The second kappa shape index (κ2) is 8.58. The average molecular weight is 435 g/mol. The van der Waals surface area contributed by atoms with Gasteiger partial charge in [0.25, 0.3) is 5.91 Å². The summed E-state index contributed by atoms with van der Waals surface area (Å²) in [6.45, 7) is 4.65. The van der Waals surface area contributed by atoms with Crippen LogP contribution in [0.3, 0.4) is 0 Å². The highest BCUT2D eigenvalue weighted by molar-refractivity contribution is 6.05. The van der Waals surface area contributed by atoms with Crippen molar-refractivity contribution in [3.05, 3.63) is 53.2 Å². The molecule has 0 aliphatic carbocycles. The number of carbonyl (C=O) groups excluding carboxylic acids is 3. The Balaban J connectivity index is 1.29. The zero-order chi connectivity index (χ0) is 22.1. The van der Waals surface area contributed by atoms with Gasteiger partial charge in [0.05, 0.1) is 5.69 Å². The van der Waals surface area contributed by atoms with E-state index in [-0.39, 0.29) is 24.1 Å². The molecule has 0 bridgehead atoms. The Morgan fingerprint density at radius 3 is 2.78 bits per heavy atom. The Labute approximate surface area is 186 Å². The summed E-state index contributed by atoms with van der Waals surface area (Å²) in [5, 5.41) is 9.16. The van der Waals surface area contributed by atoms with Crippen LogP contribution in [0.5, 0.6) is 0 Å². The molecular formula is C23H26N6O3. The summed E-state index contributed by atoms with van der Waals surface area (Å²) in [5.74, 6) is 0.121. The van der Waals surface area contributed by atoms with Crippen molar-refractivity contribution in [2.24, 2.45) is 0 Å². The molecule has 3 aliphatic heterocycles. The molecule has 0 radical (unpaired) electrons. The van der Waals surface area contributed by atoms with Gasteiger partial charge in [-0.2, -0.15) is 0 Å². The number of imide groups is 1. The van der Waals surface area contributed by atoms with Crippen molar-refractivity contribution < 1.29 is 14.4 Å². The molecule has 4 heterocycles. The fourth-order valence-corrected chi connectivity index (χ4v) is 4.57. The second-order valence-corrected chi connectivity index (χ2v) is 8.36. The fraction of sp³-hybridized carbons (Fsp3) is 0.391. The van der Waals surface area contributed by atoms with Crippen LogP contribution in [-0.2, 0) is 22.7 Å². The van der Waals surface area contributed by atoms with Crippen molar-refractivity contribution in [2.45, 2.75) is 32.0 Å². The van der Waals surface area contributed by atoms with E-state index in [0.29, 0.717) is 25.1 Å². The predicted molar refractivity (Wildman–Crippen MR) is 119 cm³/mol. The summed E-state index contributed by atoms with van der Waals surface area (Å²) in [4.78, 5) is 45.1. The molecule has 9 heteroatoms. The lowest BCUT2D eigenvalue weighted by atomic mass is 10.0. The van der Waals surface area contributed by atoms with E-state index in [0.717, 1.165) is 48.8 Å². The number of aromatic nitrogens is 1. The van der Waals surface area contributed by atoms with Crippen LogP contribution in [0.4, 0.5) is 11.5 Å². The third kappa shape index (κ3) is 3.91. The van der Waals surface area contributed by atoms with Crippen molar-refractivity contribution in [1.82, 2.24) is 20.5 Å². The Bertz CT molecular complexity index is 1070. The molecule has 0 saturated carbocycles. The highest BCUT2D eigenvalue weighted by atomic mass is 16.2. The van der Waals surface area contributed by atoms with Crippen molar-refractivity contribution in [1.29, 1.82) is 0 Å². The lowest BCUT2D eigenvalue weighted by Gasteiger charge is -2.30. The van der Waals surface area contributed by atoms with Crippen molar-refractivity contribution in [2.75, 3.05) is 36.4 Å². The van der Waals surface area contributed by atoms with Crippen LogP contribution in [0.15, 0.2) is 36.5 Å². The molecule has 3 aliphatic rings. The third-order valence-corrected chi connectivity index (χ3v) is 6.28. The van der Waals surface area contributed by atoms with Crippen LogP contribution in [0, 0.1) is 0 Å². The van der Waals surface area contributed by atoms with E-state index in [2.05, 4.69) is 25.8 Å². The first-order valence-corrected chi connectivity index (χ1v) is 11.0. The van der Waals surface area contributed by atoms with Gasteiger partial charge in [0.15, 0.2) is 5.82 Å². The minimum Gasteiger partial charge on any atom is -0.378 e. The topological polar surface area (TPSA) is 107 Å². The molecule has 1 unspecified atom stereocenters. The zero-order valence-electron chi connectivity index (χ0n) is 17.8. The van der Waals surface area contributed by atoms with Crippen LogP contribution < -0.4 is 20.9 Å². The molecule has 0 spiro atoms. The Morgan fingerprint density at radius 2 is 1.97 bits per heavy atom. The molecule has 1 aromatic heterocycles. The minimum absolute atomic E-state index is 0.153. The maximum absolute atomic E-state index is 13.0. The maximum atomic E-state index is 13.0. The lowest BCUT2D eigenvalue weighted by Crippen LogP contribution is -2.52. The number of benzene rings is 1. The van der Waals surface area contributed by atoms with E-state index < -0.39 is 6.04 Å². The second-order valence-electron chi connectivity index (χ2n) is 8.36. The first-order valence-electron chi connectivity index (χ1n) is 11.0. The van der Waals surface area contributed by atoms with Gasteiger partial charge in [-0.05, 0) is 35.7 Å². The summed E-state index contributed by atoms with van der Waals surface area (Å²) < 4.78 is 0. The van der Waals surface area contributed by atoms with E-state index in [1.807, 2.05) is 30.3 Å². The molecule has 2 aromatic rings. The first-order chi connectivity index (χ1) is 15.6. The monoisotopic (exact) mass is 434 g/mol. The van der Waals surface area contributed by atoms with Gasteiger partial charge in [0.2, 0.25) is 11.8 Å². The predicted octanol–water partition coefficient (Wildman–Crippen LogP) is 0.864. The summed E-state index contributed by atoms with van der Waals surface area (Å²) >= 11 is 0. The molecule has 2 fully saturated rings. The van der Waals surface area contributed by atoms with E-state index >= 15 is 0 Å². The van der Waals surface area contributed by atoms with Crippen LogP contribution in [-0.4, -0.2) is 59.8 Å². The van der Waals surface area contributed by atoms with Crippen LogP contribution >= 0.6 is 0 Å². The lowest BCUT2D eigenvalue weighted by molar-refractivity contribution is -0.136. The van der Waals surface area contributed by atoms with Crippen molar-refractivity contribution >= 4 is 29.2 Å². The number of nitrogens with zero attached hydrogens (tertiary/aromatic N) is 3. The number of fused-ring (bicyclic) bond motifs is 1. The summed E-state index contributed by atoms with van der Waals surface area (Å²) in [7, 11) is 0. The third-order valence-electron chi connectivity index (χ3n) is 6.28. The van der Waals surface area contributed by atoms with Gasteiger partial charge < -0.3 is 20.4 Å². The number of piperidine rings is 1. The molecule has 1 atom stereocenters. The van der Waals surface area contributed by atoms with Crippen molar-refractivity contribution in [3.63, 3.8) is 0 Å². The maximum Gasteiger partial charge on any atom is 0.255 e. The Hall–Kier alpha value is -3.46. The standard InChI is InChI=1S/C23H26N6O3/c30-20-6-5-19(22(31)27-20)29-14-16-4-3-15(12-17(16)23(29)32)13-26-18-2-1-7-25-21(18)28-10-8-24-9-11-28/h1-4,7,12,19,24,26H,5-6,8-11,13-14H2,(H,27,30,31). The van der Waals surface area contributed by atoms with Crippen LogP contribution in [0.25, 0.3) is 0 Å². The van der Waals surface area contributed by atoms with E-state index in [9.17, 15) is 14.4 Å². The first kappa shape index (κ1) is 20.4. The molecule has 5 rings (SSSR count). The van der Waals surface area contributed by atoms with Gasteiger partial charge in [0, 0.05) is 57.4 Å². The van der Waals surface area contributed by atoms with Gasteiger partial charge in [-0.3, -0.25) is 19.7 Å². The number of nitrogens with one attached hydrogen (secondary N) is 3. The van der Waals surface area contributed by atoms with Gasteiger partial charge >= 0.3 is 0 Å². The molecule has 1 aromatic carbocycles. The van der Waals surface area contributed by atoms with Gasteiger partial charge in [-0.15, -0.1) is 0 Å². The van der Waals surface area contributed by atoms with Crippen molar-refractivity contribution in [3.8, 4) is 0 Å². The van der Waals surface area contributed by atoms with E-state index in [1.54, 1.807) is 11.1 Å². The van der Waals surface area contributed by atoms with E-state index in [1.165, 1.54) is 0 Å². The largest absolute Gasteiger partial charge is 0.378 e. The normalized spacial score (nSPS) is 20.9. The average Bonchev–Trinajstić information content (AvgIpc) is 3.14. The fourth-order valence-electron chi connectivity index (χ4n) is 4.57. The van der Waals surface area contributed by atoms with Gasteiger partial charge in [0.1, 0.15) is 6.04 Å². The molecule has 166 valence electrons. The molecule has 3 N–H and O–H groups in total. The smallest absolute Gasteiger partial charge is 0.255 e. The summed E-state index contributed by atoms with van der Waals surface area (Å²) in [6, 6.07) is 9.21. The van der Waals surface area contributed by atoms with Gasteiger partial charge in [-0.25, -0.2) is 4.98 Å². The number of hydrogen-bond acceptors (Lipinski definition) is 7. The molecule has 2 saturated heterocycles. The SMILES string of the molecule is O=C1CCC(N2Cc3ccc(CNc4cccnc4N4CCNCC4)cc3C2=O)C(=O)N1. The number of hydrogen-bond donors (Lipinski definition) is 3. The number of carbonyl (C=O) groups is 3. The van der Waals surface area contributed by atoms with Crippen LogP contribution in [0.2, 0.25) is 0 Å². The summed E-state index contributed by atoms with van der Waals surface area (Å²) in [6.07, 6.45) is 2.43. The number of amides is 3. The van der Waals surface area contributed by atoms with E-state index in [4.69, 9.17) is 0 Å². The molecule has 3 amide bonds. The number of piperazine rings is 1. The highest BCUT2D eigenvalue weighted by Crippen LogP contribution is 2.29. The highest BCUT2D eigenvalue weighted by Gasteiger charge is 2.39. The summed E-state index contributed by atoms with van der Waals surface area (Å²) in [5.41, 5.74) is 3.48. The van der Waals surface area contributed by atoms with Crippen LogP contribution in [0.1, 0.15) is 34.3 Å². The number of rotatable bonds is 5. The molecule has 32 heavy (non-hydrogen) atoms. The zero-order valence-corrected chi connectivity index (χ0v) is 17.8.